The van der Waals surface area contributed by atoms with Crippen LogP contribution in [-0.4, -0.2) is 12.5 Å². The minimum Gasteiger partial charge on any atom is -0.368 e. The van der Waals surface area contributed by atoms with Crippen molar-refractivity contribution in [3.8, 4) is 0 Å². The number of carbonyl (C=O) groups is 1. The molecule has 0 radical (unpaired) electrons. The Morgan fingerprint density at radius 3 is 2.38 bits per heavy atom. The van der Waals surface area contributed by atoms with E-state index in [0.717, 1.165) is 24.9 Å². The predicted octanol–water partition coefficient (Wildman–Crippen LogP) is 1.78. The van der Waals surface area contributed by atoms with E-state index in [9.17, 15) is 4.79 Å². The van der Waals surface area contributed by atoms with Crippen molar-refractivity contribution in [1.82, 2.24) is 5.32 Å². The molecular weight excluding hydrogens is 200 g/mol. The minimum atomic E-state index is -0.718. The van der Waals surface area contributed by atoms with Crippen LogP contribution in [-0.2, 0) is 10.3 Å². The molecule has 0 fully saturated rings. The largest absolute Gasteiger partial charge is 0.368 e. The van der Waals surface area contributed by atoms with Crippen LogP contribution in [0.2, 0.25) is 0 Å². The summed E-state index contributed by atoms with van der Waals surface area (Å²) in [4.78, 5) is 11.8. The van der Waals surface area contributed by atoms with Gasteiger partial charge in [0.1, 0.15) is 5.54 Å². The van der Waals surface area contributed by atoms with Gasteiger partial charge in [0.25, 0.3) is 0 Å². The average Bonchev–Trinajstić information content (AvgIpc) is 2.29. The van der Waals surface area contributed by atoms with E-state index in [1.165, 1.54) is 0 Å². The highest BCUT2D eigenvalue weighted by atomic mass is 16.1. The molecule has 1 rings (SSSR count). The number of carbonyl (C=O) groups excluding carboxylic acids is 1. The molecule has 1 amide bonds. The summed E-state index contributed by atoms with van der Waals surface area (Å²) in [6.07, 6.45) is 1.63. The fourth-order valence-corrected chi connectivity index (χ4v) is 2.09. The second-order valence-corrected chi connectivity index (χ2v) is 3.92. The molecule has 1 aromatic carbocycles. The maximum absolute atomic E-state index is 11.8. The van der Waals surface area contributed by atoms with Crippen molar-refractivity contribution in [1.29, 1.82) is 0 Å². The Hall–Kier alpha value is -1.35. The number of nitrogens with one attached hydrogen (secondary N) is 1. The Bertz CT molecular complexity index is 329. The molecule has 0 saturated carbocycles. The van der Waals surface area contributed by atoms with Crippen molar-refractivity contribution in [2.24, 2.45) is 5.73 Å². The van der Waals surface area contributed by atoms with E-state index in [1.807, 2.05) is 37.3 Å². The lowest BCUT2D eigenvalue weighted by Gasteiger charge is -2.31. The first kappa shape index (κ1) is 12.7. The summed E-state index contributed by atoms with van der Waals surface area (Å²) >= 11 is 0. The van der Waals surface area contributed by atoms with Crippen LogP contribution in [0.15, 0.2) is 30.3 Å². The Morgan fingerprint density at radius 2 is 1.94 bits per heavy atom. The molecule has 1 unspecified atom stereocenters. The Labute approximate surface area is 97.0 Å². The van der Waals surface area contributed by atoms with Crippen molar-refractivity contribution in [2.45, 2.75) is 32.2 Å². The van der Waals surface area contributed by atoms with Crippen molar-refractivity contribution in [2.75, 3.05) is 6.54 Å². The van der Waals surface area contributed by atoms with E-state index in [1.54, 1.807) is 0 Å². The number of amides is 1. The van der Waals surface area contributed by atoms with Gasteiger partial charge in [0.05, 0.1) is 0 Å². The fourth-order valence-electron chi connectivity index (χ4n) is 2.09. The average molecular weight is 220 g/mol. The number of rotatable bonds is 6. The lowest BCUT2D eigenvalue weighted by Crippen LogP contribution is -2.52. The number of likely N-dealkylation sites (N-methyl/N-ethyl adjacent to an activating group) is 1. The third kappa shape index (κ3) is 2.42. The molecule has 0 spiro atoms. The zero-order chi connectivity index (χ0) is 12.0. The quantitative estimate of drug-likeness (QED) is 0.767. The van der Waals surface area contributed by atoms with Crippen LogP contribution in [0.25, 0.3) is 0 Å². The van der Waals surface area contributed by atoms with Gasteiger partial charge in [-0.05, 0) is 18.5 Å². The van der Waals surface area contributed by atoms with Crippen molar-refractivity contribution < 1.29 is 4.79 Å². The topological polar surface area (TPSA) is 55.1 Å². The summed E-state index contributed by atoms with van der Waals surface area (Å²) < 4.78 is 0. The van der Waals surface area contributed by atoms with E-state index in [0.29, 0.717) is 0 Å². The van der Waals surface area contributed by atoms with Crippen LogP contribution < -0.4 is 11.1 Å². The third-order valence-electron chi connectivity index (χ3n) is 2.79. The molecule has 0 aliphatic rings. The first-order chi connectivity index (χ1) is 7.67. The summed E-state index contributed by atoms with van der Waals surface area (Å²) in [7, 11) is 0. The van der Waals surface area contributed by atoms with Gasteiger partial charge in [0.2, 0.25) is 5.91 Å². The van der Waals surface area contributed by atoms with Gasteiger partial charge in [-0.2, -0.15) is 0 Å². The first-order valence-electron chi connectivity index (χ1n) is 5.77. The Kier molecular flexibility index (Phi) is 4.50. The predicted molar refractivity (Wildman–Crippen MR) is 65.9 cm³/mol. The van der Waals surface area contributed by atoms with Crippen molar-refractivity contribution in [3.63, 3.8) is 0 Å². The molecule has 88 valence electrons. The number of primary amides is 1. The molecule has 1 atom stereocenters. The molecule has 1 aromatic rings. The molecule has 0 aliphatic heterocycles. The first-order valence-corrected chi connectivity index (χ1v) is 5.77. The van der Waals surface area contributed by atoms with Gasteiger partial charge in [-0.15, -0.1) is 0 Å². The summed E-state index contributed by atoms with van der Waals surface area (Å²) in [6.45, 7) is 4.76. The monoisotopic (exact) mass is 220 g/mol. The molecule has 0 aliphatic carbocycles. The van der Waals surface area contributed by atoms with Crippen LogP contribution in [0.3, 0.4) is 0 Å². The van der Waals surface area contributed by atoms with Crippen LogP contribution in [0, 0.1) is 0 Å². The van der Waals surface area contributed by atoms with E-state index in [2.05, 4.69) is 12.2 Å². The maximum atomic E-state index is 11.8. The summed E-state index contributed by atoms with van der Waals surface area (Å²) in [5.74, 6) is -0.303. The Balaban J connectivity index is 3.15. The Morgan fingerprint density at radius 1 is 1.31 bits per heavy atom. The van der Waals surface area contributed by atoms with E-state index >= 15 is 0 Å². The summed E-state index contributed by atoms with van der Waals surface area (Å²) in [5.41, 5.74) is 5.81. The standard InChI is InChI=1S/C13H20N2O/c1-3-10-13(12(14)16,15-4-2)11-8-6-5-7-9-11/h5-9,15H,3-4,10H2,1-2H3,(H2,14,16). The lowest BCUT2D eigenvalue weighted by atomic mass is 9.84. The minimum absolute atomic E-state index is 0.303. The number of hydrogen-bond donors (Lipinski definition) is 2. The normalized spacial score (nSPS) is 14.4. The van der Waals surface area contributed by atoms with E-state index < -0.39 is 5.54 Å². The zero-order valence-corrected chi connectivity index (χ0v) is 9.99. The molecule has 0 heterocycles. The number of nitrogens with two attached hydrogens (primary N) is 1. The van der Waals surface area contributed by atoms with Crippen molar-refractivity contribution >= 4 is 5.91 Å². The highest BCUT2D eigenvalue weighted by molar-refractivity contribution is 5.86. The molecule has 16 heavy (non-hydrogen) atoms. The van der Waals surface area contributed by atoms with Gasteiger partial charge in [-0.25, -0.2) is 0 Å². The van der Waals surface area contributed by atoms with Gasteiger partial charge in [-0.1, -0.05) is 50.6 Å². The van der Waals surface area contributed by atoms with Gasteiger partial charge >= 0.3 is 0 Å². The smallest absolute Gasteiger partial charge is 0.242 e. The second-order valence-electron chi connectivity index (χ2n) is 3.92. The SMILES string of the molecule is CCCC(NCC)(C(N)=O)c1ccccc1. The van der Waals surface area contributed by atoms with E-state index in [-0.39, 0.29) is 5.91 Å². The van der Waals surface area contributed by atoms with E-state index in [4.69, 9.17) is 5.73 Å². The molecule has 0 aromatic heterocycles. The fraction of sp³-hybridized carbons (Fsp3) is 0.462. The van der Waals surface area contributed by atoms with Crippen LogP contribution in [0.4, 0.5) is 0 Å². The van der Waals surface area contributed by atoms with Gasteiger partial charge in [0, 0.05) is 0 Å². The number of benzene rings is 1. The second kappa shape index (κ2) is 5.66. The summed E-state index contributed by atoms with van der Waals surface area (Å²) in [5, 5.41) is 3.24. The zero-order valence-electron chi connectivity index (χ0n) is 9.99. The highest BCUT2D eigenvalue weighted by Crippen LogP contribution is 2.26. The third-order valence-corrected chi connectivity index (χ3v) is 2.79. The van der Waals surface area contributed by atoms with Gasteiger partial charge in [-0.3, -0.25) is 10.1 Å². The molecule has 3 N–H and O–H groups in total. The lowest BCUT2D eigenvalue weighted by molar-refractivity contribution is -0.125. The van der Waals surface area contributed by atoms with Gasteiger partial charge < -0.3 is 5.73 Å². The molecule has 3 nitrogen and oxygen atoms in total. The van der Waals surface area contributed by atoms with Gasteiger partial charge in [0.15, 0.2) is 0 Å². The van der Waals surface area contributed by atoms with Crippen molar-refractivity contribution in [3.05, 3.63) is 35.9 Å². The molecular formula is C13H20N2O. The molecule has 0 saturated heterocycles. The maximum Gasteiger partial charge on any atom is 0.242 e. The van der Waals surface area contributed by atoms with Crippen LogP contribution in [0.5, 0.6) is 0 Å². The van der Waals surface area contributed by atoms with Crippen LogP contribution in [0.1, 0.15) is 32.3 Å². The summed E-state index contributed by atoms with van der Waals surface area (Å²) in [6, 6.07) is 9.69. The number of hydrogen-bond acceptors (Lipinski definition) is 2. The van der Waals surface area contributed by atoms with Crippen LogP contribution >= 0.6 is 0 Å². The molecule has 0 bridgehead atoms. The molecule has 3 heteroatoms. The highest BCUT2D eigenvalue weighted by Gasteiger charge is 2.36.